The average Bonchev–Trinajstić information content (AvgIpc) is 2.26. The van der Waals surface area contributed by atoms with Gasteiger partial charge in [0.05, 0.1) is 6.61 Å². The Hall–Kier alpha value is -1.54. The molecule has 0 aliphatic rings. The van der Waals surface area contributed by atoms with Crippen LogP contribution >= 0.6 is 0 Å². The van der Waals surface area contributed by atoms with Crippen molar-refractivity contribution in [3.05, 3.63) is 42.5 Å². The summed E-state index contributed by atoms with van der Waals surface area (Å²) in [5.41, 5.74) is 0. The molecule has 2 aromatic carbocycles. The molecule has 0 fully saturated rings. The highest BCUT2D eigenvalue weighted by atomic mass is 16.5. The number of hydrogen-bond donors (Lipinski definition) is 1. The van der Waals surface area contributed by atoms with Crippen molar-refractivity contribution in [2.75, 3.05) is 6.61 Å². The normalized spacial score (nSPS) is 9.67. The van der Waals surface area contributed by atoms with Gasteiger partial charge in [-0.2, -0.15) is 0 Å². The zero-order chi connectivity index (χ0) is 9.80. The van der Waals surface area contributed by atoms with Crippen LogP contribution in [0.1, 0.15) is 13.3 Å². The standard InChI is InChI=1S/C13H14O.H3N/c1-2-9-14-13-8-7-11-5-3-4-6-12(11)10-13;/h3-8,10H,2,9H2,1H3;1H3. The molecule has 15 heavy (non-hydrogen) atoms. The Labute approximate surface area is 90.5 Å². The molecule has 0 bridgehead atoms. The predicted octanol–water partition coefficient (Wildman–Crippen LogP) is 3.79. The fourth-order valence-corrected chi connectivity index (χ4v) is 1.48. The highest BCUT2D eigenvalue weighted by Crippen LogP contribution is 2.20. The molecule has 2 heteroatoms. The lowest BCUT2D eigenvalue weighted by molar-refractivity contribution is 0.318. The maximum Gasteiger partial charge on any atom is 0.119 e. The molecule has 0 unspecified atom stereocenters. The molecule has 2 aromatic rings. The lowest BCUT2D eigenvalue weighted by Crippen LogP contribution is -1.94. The number of fused-ring (bicyclic) bond motifs is 1. The van der Waals surface area contributed by atoms with E-state index in [1.54, 1.807) is 0 Å². The molecule has 2 nitrogen and oxygen atoms in total. The molecule has 0 saturated heterocycles. The van der Waals surface area contributed by atoms with Crippen molar-refractivity contribution in [1.29, 1.82) is 0 Å². The van der Waals surface area contributed by atoms with Crippen LogP contribution in [0.5, 0.6) is 5.75 Å². The van der Waals surface area contributed by atoms with Gasteiger partial charge in [0.1, 0.15) is 5.75 Å². The van der Waals surface area contributed by atoms with Gasteiger partial charge in [0.15, 0.2) is 0 Å². The Kier molecular flexibility index (Phi) is 4.13. The topological polar surface area (TPSA) is 44.2 Å². The van der Waals surface area contributed by atoms with E-state index in [0.717, 1.165) is 18.8 Å². The number of hydrogen-bond acceptors (Lipinski definition) is 2. The Bertz CT molecular complexity index is 426. The van der Waals surface area contributed by atoms with E-state index in [2.05, 4.69) is 37.3 Å². The smallest absolute Gasteiger partial charge is 0.119 e. The van der Waals surface area contributed by atoms with Gasteiger partial charge in [-0.15, -0.1) is 0 Å². The Balaban J connectivity index is 0.00000112. The molecule has 2 rings (SSSR count). The van der Waals surface area contributed by atoms with Gasteiger partial charge in [-0.3, -0.25) is 0 Å². The first-order valence-electron chi connectivity index (χ1n) is 5.02. The first-order chi connectivity index (χ1) is 6.90. The van der Waals surface area contributed by atoms with E-state index in [4.69, 9.17) is 4.74 Å². The van der Waals surface area contributed by atoms with Crippen molar-refractivity contribution in [2.24, 2.45) is 0 Å². The lowest BCUT2D eigenvalue weighted by atomic mass is 10.1. The minimum Gasteiger partial charge on any atom is -0.494 e. The summed E-state index contributed by atoms with van der Waals surface area (Å²) in [6, 6.07) is 14.5. The van der Waals surface area contributed by atoms with Gasteiger partial charge in [-0.1, -0.05) is 37.3 Å². The molecule has 0 aliphatic carbocycles. The number of rotatable bonds is 3. The molecule has 0 spiro atoms. The van der Waals surface area contributed by atoms with Gasteiger partial charge in [0.2, 0.25) is 0 Å². The maximum absolute atomic E-state index is 5.56. The van der Waals surface area contributed by atoms with E-state index >= 15 is 0 Å². The summed E-state index contributed by atoms with van der Waals surface area (Å²) in [6.45, 7) is 2.90. The second kappa shape index (κ2) is 5.37. The summed E-state index contributed by atoms with van der Waals surface area (Å²) in [5, 5.41) is 2.50. The fourth-order valence-electron chi connectivity index (χ4n) is 1.48. The monoisotopic (exact) mass is 203 g/mol. The third-order valence-electron chi connectivity index (χ3n) is 2.19. The summed E-state index contributed by atoms with van der Waals surface area (Å²) in [5.74, 6) is 0.963. The fraction of sp³-hybridized carbons (Fsp3) is 0.231. The van der Waals surface area contributed by atoms with Crippen LogP contribution in [0.4, 0.5) is 0 Å². The van der Waals surface area contributed by atoms with Crippen molar-refractivity contribution >= 4 is 10.8 Å². The second-order valence-electron chi connectivity index (χ2n) is 3.36. The minimum absolute atomic E-state index is 0. The highest BCUT2D eigenvalue weighted by Gasteiger charge is 1.95. The Morgan fingerprint density at radius 1 is 1.00 bits per heavy atom. The van der Waals surface area contributed by atoms with Crippen molar-refractivity contribution in [1.82, 2.24) is 6.15 Å². The molecule has 0 radical (unpaired) electrons. The molecule has 0 aliphatic heterocycles. The van der Waals surface area contributed by atoms with Crippen LogP contribution in [-0.4, -0.2) is 6.61 Å². The largest absolute Gasteiger partial charge is 0.494 e. The predicted molar refractivity (Wildman–Crippen MR) is 64.8 cm³/mol. The van der Waals surface area contributed by atoms with Crippen molar-refractivity contribution in [3.63, 3.8) is 0 Å². The first kappa shape index (κ1) is 11.5. The van der Waals surface area contributed by atoms with Crippen LogP contribution < -0.4 is 10.9 Å². The molecule has 0 saturated carbocycles. The quantitative estimate of drug-likeness (QED) is 0.824. The van der Waals surface area contributed by atoms with Gasteiger partial charge >= 0.3 is 0 Å². The number of ether oxygens (including phenoxy) is 1. The third kappa shape index (κ3) is 2.70. The SMILES string of the molecule is CCCOc1ccc2ccccc2c1.N. The molecule has 80 valence electrons. The highest BCUT2D eigenvalue weighted by molar-refractivity contribution is 5.83. The van der Waals surface area contributed by atoms with Gasteiger partial charge in [-0.05, 0) is 29.3 Å². The first-order valence-corrected chi connectivity index (χ1v) is 5.02. The van der Waals surface area contributed by atoms with Crippen LogP contribution in [0.15, 0.2) is 42.5 Å². The zero-order valence-corrected chi connectivity index (χ0v) is 9.07. The van der Waals surface area contributed by atoms with Crippen LogP contribution in [0.3, 0.4) is 0 Å². The van der Waals surface area contributed by atoms with Crippen molar-refractivity contribution < 1.29 is 4.74 Å². The molecule has 0 amide bonds. The van der Waals surface area contributed by atoms with E-state index in [1.165, 1.54) is 10.8 Å². The second-order valence-corrected chi connectivity index (χ2v) is 3.36. The molecule has 3 N–H and O–H groups in total. The molecule has 0 aromatic heterocycles. The minimum atomic E-state index is 0. The average molecular weight is 203 g/mol. The Morgan fingerprint density at radius 2 is 1.73 bits per heavy atom. The van der Waals surface area contributed by atoms with Gasteiger partial charge in [-0.25, -0.2) is 0 Å². The van der Waals surface area contributed by atoms with Crippen molar-refractivity contribution in [3.8, 4) is 5.75 Å². The van der Waals surface area contributed by atoms with Gasteiger partial charge in [0, 0.05) is 0 Å². The zero-order valence-electron chi connectivity index (χ0n) is 9.07. The molecule has 0 heterocycles. The van der Waals surface area contributed by atoms with E-state index in [1.807, 2.05) is 12.1 Å². The molecular weight excluding hydrogens is 186 g/mol. The molecule has 0 atom stereocenters. The van der Waals surface area contributed by atoms with Crippen LogP contribution in [0, 0.1) is 0 Å². The van der Waals surface area contributed by atoms with Crippen molar-refractivity contribution in [2.45, 2.75) is 13.3 Å². The van der Waals surface area contributed by atoms with Crippen LogP contribution in [0.25, 0.3) is 10.8 Å². The van der Waals surface area contributed by atoms with E-state index in [9.17, 15) is 0 Å². The molecular formula is C13H17NO. The van der Waals surface area contributed by atoms with Gasteiger partial charge < -0.3 is 10.9 Å². The van der Waals surface area contributed by atoms with E-state index in [0.29, 0.717) is 0 Å². The Morgan fingerprint density at radius 3 is 2.47 bits per heavy atom. The van der Waals surface area contributed by atoms with Gasteiger partial charge in [0.25, 0.3) is 0 Å². The summed E-state index contributed by atoms with van der Waals surface area (Å²) >= 11 is 0. The summed E-state index contributed by atoms with van der Waals surface area (Å²) < 4.78 is 5.56. The van der Waals surface area contributed by atoms with Crippen LogP contribution in [-0.2, 0) is 0 Å². The van der Waals surface area contributed by atoms with Crippen LogP contribution in [0.2, 0.25) is 0 Å². The summed E-state index contributed by atoms with van der Waals surface area (Å²) in [6.07, 6.45) is 1.05. The third-order valence-corrected chi connectivity index (χ3v) is 2.19. The number of benzene rings is 2. The maximum atomic E-state index is 5.56. The summed E-state index contributed by atoms with van der Waals surface area (Å²) in [7, 11) is 0. The van der Waals surface area contributed by atoms with E-state index < -0.39 is 0 Å². The van der Waals surface area contributed by atoms with E-state index in [-0.39, 0.29) is 6.15 Å². The lowest BCUT2D eigenvalue weighted by Gasteiger charge is -2.05. The summed E-state index contributed by atoms with van der Waals surface area (Å²) in [4.78, 5) is 0.